The largest absolute Gasteiger partial charge is 0.436 e. The summed E-state index contributed by atoms with van der Waals surface area (Å²) < 4.78 is 10.7. The van der Waals surface area contributed by atoms with Crippen molar-refractivity contribution < 1.29 is 4.42 Å². The fraction of sp³-hybridized carbons (Fsp3) is 0.184. The van der Waals surface area contributed by atoms with Crippen LogP contribution in [0.3, 0.4) is 0 Å². The summed E-state index contributed by atoms with van der Waals surface area (Å²) in [5.41, 5.74) is 4.53. The maximum Gasteiger partial charge on any atom is 0.258 e. The Labute approximate surface area is 345 Å². The summed E-state index contributed by atoms with van der Waals surface area (Å²) in [5.74, 6) is 0.558. The first-order chi connectivity index (χ1) is 28.1. The minimum Gasteiger partial charge on any atom is -0.436 e. The first-order valence-electron chi connectivity index (χ1n) is 19.2. The molecule has 10 rings (SSSR count). The van der Waals surface area contributed by atoms with Gasteiger partial charge in [-0.15, -0.1) is 11.3 Å². The van der Waals surface area contributed by atoms with Crippen molar-refractivity contribution in [2.75, 3.05) is 41.3 Å². The molecule has 4 aromatic heterocycles. The molecule has 4 heterocycles. The van der Waals surface area contributed by atoms with Gasteiger partial charge in [-0.2, -0.15) is 0 Å². The highest BCUT2D eigenvalue weighted by Crippen LogP contribution is 2.37. The number of fused-ring (bicyclic) bond motifs is 2. The van der Waals surface area contributed by atoms with Crippen LogP contribution in [-0.2, 0) is 13.1 Å². The highest BCUT2D eigenvalue weighted by Gasteiger charge is 2.18. The molecular formula is C49H46N6O3S. The van der Waals surface area contributed by atoms with E-state index in [1.807, 2.05) is 113 Å². The van der Waals surface area contributed by atoms with Gasteiger partial charge in [0, 0.05) is 80.3 Å². The smallest absolute Gasteiger partial charge is 0.258 e. The van der Waals surface area contributed by atoms with Gasteiger partial charge in [0.1, 0.15) is 10.5 Å². The molecule has 0 atom stereocenters. The summed E-state index contributed by atoms with van der Waals surface area (Å²) in [6.07, 6.45) is 0. The molecule has 0 bridgehead atoms. The molecule has 0 saturated carbocycles. The van der Waals surface area contributed by atoms with Crippen LogP contribution >= 0.6 is 11.3 Å². The lowest BCUT2D eigenvalue weighted by Gasteiger charge is -2.16. The van der Waals surface area contributed by atoms with Gasteiger partial charge in [-0.3, -0.25) is 9.59 Å². The van der Waals surface area contributed by atoms with Crippen LogP contribution in [0.5, 0.6) is 0 Å². The van der Waals surface area contributed by atoms with Crippen molar-refractivity contribution in [1.82, 2.24) is 28.9 Å². The fourth-order valence-electron chi connectivity index (χ4n) is 7.90. The first-order valence-corrected chi connectivity index (χ1v) is 20.1. The molecule has 9 nitrogen and oxygen atoms in total. The van der Waals surface area contributed by atoms with Crippen LogP contribution in [0, 0.1) is 0 Å². The Morgan fingerprint density at radius 2 is 1.08 bits per heavy atom. The Morgan fingerprint density at radius 3 is 1.64 bits per heavy atom. The average Bonchev–Trinajstić information content (AvgIpc) is 3.86. The molecular weight excluding hydrogens is 753 g/mol. The number of thiazole rings is 1. The van der Waals surface area contributed by atoms with Crippen LogP contribution in [0.4, 0.5) is 0 Å². The number of hydrogen-bond acceptors (Lipinski definition) is 8. The number of rotatable bonds is 8. The van der Waals surface area contributed by atoms with Crippen LogP contribution in [0.25, 0.3) is 99.6 Å². The van der Waals surface area contributed by atoms with E-state index in [2.05, 4.69) is 52.2 Å². The van der Waals surface area contributed by atoms with E-state index in [-0.39, 0.29) is 18.5 Å². The summed E-state index contributed by atoms with van der Waals surface area (Å²) >= 11 is 1.68. The molecule has 10 heteroatoms. The number of aromatic nitrogens is 4. The third-order valence-electron chi connectivity index (χ3n) is 10.9. The first kappa shape index (κ1) is 39.4. The monoisotopic (exact) mass is 798 g/mol. The quantitative estimate of drug-likeness (QED) is 0.153. The molecule has 10 aromatic rings. The van der Waals surface area contributed by atoms with Gasteiger partial charge < -0.3 is 23.4 Å². The summed E-state index contributed by atoms with van der Waals surface area (Å²) in [6.45, 7) is 11.3. The minimum absolute atomic E-state index is 0. The third kappa shape index (κ3) is 6.89. The number of para-hydroxylation sites is 3. The van der Waals surface area contributed by atoms with E-state index in [4.69, 9.17) is 9.40 Å². The Kier molecular flexibility index (Phi) is 10.5. The Morgan fingerprint density at radius 1 is 0.576 bits per heavy atom. The van der Waals surface area contributed by atoms with Crippen molar-refractivity contribution in [3.05, 3.63) is 141 Å². The number of pyridine rings is 2. The number of benzene rings is 6. The van der Waals surface area contributed by atoms with Crippen molar-refractivity contribution in [3.63, 3.8) is 0 Å². The Hall–Kier alpha value is -6.46. The van der Waals surface area contributed by atoms with Gasteiger partial charge in [0.05, 0.1) is 10.2 Å². The van der Waals surface area contributed by atoms with Crippen LogP contribution in [0.1, 0.15) is 7.43 Å². The van der Waals surface area contributed by atoms with E-state index in [0.717, 1.165) is 94.2 Å². The second-order valence-corrected chi connectivity index (χ2v) is 16.2. The molecule has 0 aliphatic heterocycles. The zero-order valence-electron chi connectivity index (χ0n) is 33.0. The zero-order valence-corrected chi connectivity index (χ0v) is 33.8. The molecule has 0 spiro atoms. The maximum absolute atomic E-state index is 13.2. The summed E-state index contributed by atoms with van der Waals surface area (Å²) in [7, 11) is 8.02. The van der Waals surface area contributed by atoms with Gasteiger partial charge >= 0.3 is 0 Å². The summed E-state index contributed by atoms with van der Waals surface area (Å²) in [5, 5.41) is 9.85. The van der Waals surface area contributed by atoms with Crippen LogP contribution in [0.15, 0.2) is 123 Å². The fourth-order valence-corrected chi connectivity index (χ4v) is 8.90. The van der Waals surface area contributed by atoms with Crippen LogP contribution in [-0.4, -0.2) is 70.2 Å². The molecule has 296 valence electrons. The maximum atomic E-state index is 13.2. The number of oxazole rings is 1. The summed E-state index contributed by atoms with van der Waals surface area (Å²) in [4.78, 5) is 40.1. The van der Waals surface area contributed by atoms with E-state index < -0.39 is 0 Å². The van der Waals surface area contributed by atoms with Crippen LogP contribution in [0.2, 0.25) is 0 Å². The molecule has 0 N–H and O–H groups in total. The predicted octanol–water partition coefficient (Wildman–Crippen LogP) is 8.41. The molecule has 0 aliphatic rings. The van der Waals surface area contributed by atoms with Crippen molar-refractivity contribution in [2.45, 2.75) is 20.5 Å². The predicted molar refractivity (Wildman–Crippen MR) is 248 cm³/mol. The Balaban J connectivity index is 0.000000161. The SMILES string of the molecule is C.C=c1c2ccc(-c3nc4ccccc4o3)c3cccc(c(=O)n1CCN(C)C)c32.C=c1c2ccc(-c3nc4ccccc4s3)c3cccc(c(=O)n1CCN(C)C)c32. The van der Waals surface area contributed by atoms with Gasteiger partial charge in [0.15, 0.2) is 5.58 Å². The highest BCUT2D eigenvalue weighted by atomic mass is 32.1. The van der Waals surface area contributed by atoms with Crippen molar-refractivity contribution >= 4 is 88.9 Å². The molecule has 6 aromatic carbocycles. The zero-order chi connectivity index (χ0) is 40.2. The van der Waals surface area contributed by atoms with E-state index in [1.165, 1.54) is 4.70 Å². The molecule has 0 unspecified atom stereocenters. The molecule has 0 fully saturated rings. The third-order valence-corrected chi connectivity index (χ3v) is 12.0. The van der Waals surface area contributed by atoms with E-state index >= 15 is 0 Å². The second kappa shape index (κ2) is 15.7. The second-order valence-electron chi connectivity index (χ2n) is 15.2. The molecule has 0 aliphatic carbocycles. The van der Waals surface area contributed by atoms with Gasteiger partial charge in [0.2, 0.25) is 5.89 Å². The van der Waals surface area contributed by atoms with E-state index in [9.17, 15) is 9.59 Å². The van der Waals surface area contributed by atoms with Gasteiger partial charge in [-0.1, -0.05) is 87.3 Å². The molecule has 0 saturated heterocycles. The van der Waals surface area contributed by atoms with Crippen LogP contribution < -0.4 is 21.8 Å². The highest BCUT2D eigenvalue weighted by molar-refractivity contribution is 7.21. The molecule has 59 heavy (non-hydrogen) atoms. The van der Waals surface area contributed by atoms with Crippen molar-refractivity contribution in [3.8, 4) is 22.0 Å². The lowest BCUT2D eigenvalue weighted by atomic mass is 9.97. The minimum atomic E-state index is -0.00957. The molecule has 0 amide bonds. The lowest BCUT2D eigenvalue weighted by molar-refractivity contribution is 0.379. The lowest BCUT2D eigenvalue weighted by Crippen LogP contribution is -2.36. The van der Waals surface area contributed by atoms with Gasteiger partial charge in [-0.25, -0.2) is 9.97 Å². The normalized spacial score (nSPS) is 11.8. The summed E-state index contributed by atoms with van der Waals surface area (Å²) in [6, 6.07) is 35.9. The van der Waals surface area contributed by atoms with Crippen molar-refractivity contribution in [1.29, 1.82) is 0 Å². The molecule has 0 radical (unpaired) electrons. The van der Waals surface area contributed by atoms with E-state index in [0.29, 0.717) is 24.4 Å². The average molecular weight is 799 g/mol. The van der Waals surface area contributed by atoms with Gasteiger partial charge in [0.25, 0.3) is 11.1 Å². The number of hydrogen-bond donors (Lipinski definition) is 0. The number of nitrogens with zero attached hydrogens (tertiary/aromatic N) is 6. The van der Waals surface area contributed by atoms with E-state index in [1.54, 1.807) is 20.5 Å². The standard InChI is InChI=1S/C24H21N3O2.C24H21N3OS.CH4/c2*1-15-16-11-12-18(23-25-20-9-4-5-10-21(20)29-23)17-7-6-8-19(22(16)17)24(28)27(15)14-13-26(2)3;/h2*4-12H,1,13-14H2,2-3H3;1H4. The Bertz CT molecular complexity index is 3050. The van der Waals surface area contributed by atoms with Crippen molar-refractivity contribution in [2.24, 2.45) is 0 Å². The number of likely N-dealkylation sites (N-methyl/N-ethyl adjacent to an activating group) is 2. The van der Waals surface area contributed by atoms with Gasteiger partial charge in [-0.05, 0) is 81.4 Å². The topological polar surface area (TPSA) is 89.4 Å².